The largest absolute Gasteiger partial charge is 0.449 e. The Balaban J connectivity index is 1.98. The molecule has 0 saturated heterocycles. The molecule has 0 aromatic heterocycles. The molecule has 0 fully saturated rings. The van der Waals surface area contributed by atoms with Crippen LogP contribution in [0.15, 0.2) is 60.7 Å². The summed E-state index contributed by atoms with van der Waals surface area (Å²) in [6.07, 6.45) is 0. The van der Waals surface area contributed by atoms with E-state index in [1.807, 2.05) is 54.6 Å². The zero-order valence-corrected chi connectivity index (χ0v) is 9.59. The van der Waals surface area contributed by atoms with Crippen LogP contribution in [0.25, 0.3) is 10.8 Å². The summed E-state index contributed by atoms with van der Waals surface area (Å²) in [4.78, 5) is 0. The minimum Gasteiger partial charge on any atom is -0.449 e. The Bertz CT molecular complexity index is 747. The van der Waals surface area contributed by atoms with Crippen molar-refractivity contribution < 1.29 is 9.47 Å². The molecule has 0 spiro atoms. The monoisotopic (exact) mass is 234 g/mol. The van der Waals surface area contributed by atoms with Crippen LogP contribution in [0.5, 0.6) is 23.0 Å². The molecule has 0 radical (unpaired) electrons. The average Bonchev–Trinajstić information content (AvgIpc) is 2.45. The smallest absolute Gasteiger partial charge is 0.177 e. The molecule has 1 aliphatic heterocycles. The normalized spacial score (nSPS) is 12.2. The van der Waals surface area contributed by atoms with Crippen molar-refractivity contribution in [3.05, 3.63) is 60.7 Å². The van der Waals surface area contributed by atoms with Crippen LogP contribution in [0.4, 0.5) is 0 Å². The third-order valence-electron chi connectivity index (χ3n) is 3.12. The van der Waals surface area contributed by atoms with Crippen LogP contribution in [0.3, 0.4) is 0 Å². The van der Waals surface area contributed by atoms with Gasteiger partial charge in [0, 0.05) is 5.39 Å². The lowest BCUT2D eigenvalue weighted by Crippen LogP contribution is -1.98. The number of rotatable bonds is 0. The third-order valence-corrected chi connectivity index (χ3v) is 3.12. The van der Waals surface area contributed by atoms with E-state index in [4.69, 9.17) is 9.47 Å². The number of fused-ring (bicyclic) bond motifs is 4. The van der Waals surface area contributed by atoms with Crippen molar-refractivity contribution in [2.75, 3.05) is 0 Å². The molecule has 4 rings (SSSR count). The second kappa shape index (κ2) is 3.50. The third kappa shape index (κ3) is 1.29. The fourth-order valence-corrected chi connectivity index (χ4v) is 2.26. The van der Waals surface area contributed by atoms with Crippen LogP contribution in [0, 0.1) is 0 Å². The minimum atomic E-state index is 0.764. The summed E-state index contributed by atoms with van der Waals surface area (Å²) in [5, 5.41) is 2.23. The second-order valence-corrected chi connectivity index (χ2v) is 4.26. The molecule has 2 nitrogen and oxygen atoms in total. The molecule has 18 heavy (non-hydrogen) atoms. The lowest BCUT2D eigenvalue weighted by atomic mass is 10.1. The average molecular weight is 234 g/mol. The van der Waals surface area contributed by atoms with Crippen LogP contribution in [-0.4, -0.2) is 0 Å². The summed E-state index contributed by atoms with van der Waals surface area (Å²) in [7, 11) is 0. The van der Waals surface area contributed by atoms with E-state index in [9.17, 15) is 0 Å². The van der Waals surface area contributed by atoms with Gasteiger partial charge in [-0.05, 0) is 23.6 Å². The van der Waals surface area contributed by atoms with Crippen molar-refractivity contribution in [1.29, 1.82) is 0 Å². The number of hydrogen-bond acceptors (Lipinski definition) is 2. The van der Waals surface area contributed by atoms with Gasteiger partial charge < -0.3 is 9.47 Å². The number of ether oxygens (including phenoxy) is 2. The number of para-hydroxylation sites is 2. The molecule has 1 heterocycles. The van der Waals surface area contributed by atoms with Crippen LogP contribution in [0.1, 0.15) is 0 Å². The minimum absolute atomic E-state index is 0.764. The zero-order valence-electron chi connectivity index (χ0n) is 9.59. The quantitative estimate of drug-likeness (QED) is 0.437. The Labute approximate surface area is 104 Å². The molecule has 0 aliphatic carbocycles. The van der Waals surface area contributed by atoms with Gasteiger partial charge in [-0.2, -0.15) is 0 Å². The maximum atomic E-state index is 5.97. The molecule has 0 atom stereocenters. The van der Waals surface area contributed by atoms with E-state index in [-0.39, 0.29) is 0 Å². The van der Waals surface area contributed by atoms with Crippen molar-refractivity contribution in [3.63, 3.8) is 0 Å². The zero-order chi connectivity index (χ0) is 11.9. The Kier molecular flexibility index (Phi) is 1.86. The van der Waals surface area contributed by atoms with Crippen LogP contribution in [-0.2, 0) is 0 Å². The van der Waals surface area contributed by atoms with E-state index >= 15 is 0 Å². The van der Waals surface area contributed by atoms with Crippen molar-refractivity contribution in [2.24, 2.45) is 0 Å². The first-order chi connectivity index (χ1) is 8.92. The molecule has 0 N–H and O–H groups in total. The van der Waals surface area contributed by atoms with Crippen LogP contribution < -0.4 is 9.47 Å². The first-order valence-electron chi connectivity index (χ1n) is 5.88. The van der Waals surface area contributed by atoms with Crippen LogP contribution in [0.2, 0.25) is 0 Å². The highest BCUT2D eigenvalue weighted by atomic mass is 16.6. The fourth-order valence-electron chi connectivity index (χ4n) is 2.26. The van der Waals surface area contributed by atoms with Gasteiger partial charge in [0.15, 0.2) is 23.0 Å². The fraction of sp³-hybridized carbons (Fsp3) is 0. The van der Waals surface area contributed by atoms with E-state index in [1.54, 1.807) is 0 Å². The molecule has 1 aliphatic rings. The van der Waals surface area contributed by atoms with E-state index in [1.165, 1.54) is 0 Å². The highest BCUT2D eigenvalue weighted by Crippen LogP contribution is 2.48. The van der Waals surface area contributed by atoms with Gasteiger partial charge in [0.25, 0.3) is 0 Å². The summed E-state index contributed by atoms with van der Waals surface area (Å²) in [5.74, 6) is 3.10. The topological polar surface area (TPSA) is 18.5 Å². The first kappa shape index (κ1) is 9.54. The summed E-state index contributed by atoms with van der Waals surface area (Å²) in [6, 6.07) is 19.9. The molecule has 86 valence electrons. The summed E-state index contributed by atoms with van der Waals surface area (Å²) < 4.78 is 11.8. The van der Waals surface area contributed by atoms with Gasteiger partial charge in [-0.15, -0.1) is 0 Å². The van der Waals surface area contributed by atoms with E-state index in [0.717, 1.165) is 33.8 Å². The lowest BCUT2D eigenvalue weighted by molar-refractivity contribution is 0.363. The lowest BCUT2D eigenvalue weighted by Gasteiger charge is -2.21. The highest BCUT2D eigenvalue weighted by Gasteiger charge is 2.19. The maximum Gasteiger partial charge on any atom is 0.177 e. The Morgan fingerprint density at radius 2 is 1.28 bits per heavy atom. The highest BCUT2D eigenvalue weighted by molar-refractivity contribution is 5.91. The number of hydrogen-bond donors (Lipinski definition) is 0. The Morgan fingerprint density at radius 1 is 0.556 bits per heavy atom. The van der Waals surface area contributed by atoms with Gasteiger partial charge in [0.05, 0.1) is 0 Å². The predicted octanol–water partition coefficient (Wildman–Crippen LogP) is 4.74. The predicted molar refractivity (Wildman–Crippen MR) is 70.5 cm³/mol. The SMILES string of the molecule is c1ccc2c(c1)Oc1ccc3ccccc3c1O2. The Hall–Kier alpha value is -2.48. The molecule has 0 saturated carbocycles. The number of benzene rings is 3. The van der Waals surface area contributed by atoms with Gasteiger partial charge in [-0.1, -0.05) is 42.5 Å². The summed E-state index contributed by atoms with van der Waals surface area (Å²) in [5.41, 5.74) is 0. The van der Waals surface area contributed by atoms with Gasteiger partial charge in [0.1, 0.15) is 0 Å². The second-order valence-electron chi connectivity index (χ2n) is 4.26. The van der Waals surface area contributed by atoms with Gasteiger partial charge in [-0.25, -0.2) is 0 Å². The van der Waals surface area contributed by atoms with Crippen molar-refractivity contribution in [2.45, 2.75) is 0 Å². The van der Waals surface area contributed by atoms with Crippen LogP contribution >= 0.6 is 0 Å². The van der Waals surface area contributed by atoms with Gasteiger partial charge in [0.2, 0.25) is 0 Å². The molecular formula is C16H10O2. The standard InChI is InChI=1S/C16H10O2/c1-2-6-12-11(5-1)9-10-15-16(12)18-14-8-4-3-7-13(14)17-15/h1-10H. The van der Waals surface area contributed by atoms with Gasteiger partial charge >= 0.3 is 0 Å². The summed E-state index contributed by atoms with van der Waals surface area (Å²) in [6.45, 7) is 0. The maximum absolute atomic E-state index is 5.97. The van der Waals surface area contributed by atoms with Crippen molar-refractivity contribution >= 4 is 10.8 Å². The molecule has 3 aromatic rings. The van der Waals surface area contributed by atoms with Crippen molar-refractivity contribution in [1.82, 2.24) is 0 Å². The molecule has 0 amide bonds. The molecular weight excluding hydrogens is 224 g/mol. The van der Waals surface area contributed by atoms with Gasteiger partial charge in [-0.3, -0.25) is 0 Å². The first-order valence-corrected chi connectivity index (χ1v) is 5.88. The Morgan fingerprint density at radius 3 is 2.17 bits per heavy atom. The van der Waals surface area contributed by atoms with Crippen molar-refractivity contribution in [3.8, 4) is 23.0 Å². The molecule has 0 bridgehead atoms. The summed E-state index contributed by atoms with van der Waals surface area (Å²) >= 11 is 0. The molecule has 3 aromatic carbocycles. The molecule has 0 unspecified atom stereocenters. The van der Waals surface area contributed by atoms with E-state index in [2.05, 4.69) is 6.07 Å². The van der Waals surface area contributed by atoms with E-state index < -0.39 is 0 Å². The van der Waals surface area contributed by atoms with E-state index in [0.29, 0.717) is 0 Å². The molecule has 2 heteroatoms.